The van der Waals surface area contributed by atoms with E-state index in [0.717, 1.165) is 19.3 Å². The van der Waals surface area contributed by atoms with Crippen LogP contribution in [0, 0.1) is 0 Å². The van der Waals surface area contributed by atoms with Crippen molar-refractivity contribution >= 4 is 5.91 Å². The fraction of sp³-hybridized carbons (Fsp3) is 0.944. The molecule has 132 valence electrons. The number of hydrogen-bond donors (Lipinski definition) is 2. The molecule has 0 rings (SSSR count). The molecule has 0 radical (unpaired) electrons. The second-order valence-corrected chi connectivity index (χ2v) is 6.38. The summed E-state index contributed by atoms with van der Waals surface area (Å²) in [6.45, 7) is 2.26. The van der Waals surface area contributed by atoms with Gasteiger partial charge < -0.3 is 0 Å². The van der Waals surface area contributed by atoms with Crippen molar-refractivity contribution in [1.82, 2.24) is 5.23 Å². The van der Waals surface area contributed by atoms with Crippen molar-refractivity contribution in [3.63, 3.8) is 0 Å². The van der Waals surface area contributed by atoms with Crippen LogP contribution in [0.2, 0.25) is 0 Å². The van der Waals surface area contributed by atoms with Crippen molar-refractivity contribution in [3.8, 4) is 0 Å². The lowest BCUT2D eigenvalue weighted by atomic mass is 10.0. The molecule has 0 aliphatic rings. The van der Waals surface area contributed by atoms with E-state index in [0.29, 0.717) is 0 Å². The topological polar surface area (TPSA) is 60.8 Å². The van der Waals surface area contributed by atoms with Gasteiger partial charge in [0, 0.05) is 6.42 Å². The Labute approximate surface area is 136 Å². The molecular weight excluding hydrogens is 278 g/mol. The summed E-state index contributed by atoms with van der Waals surface area (Å²) in [5, 5.41) is 16.6. The fourth-order valence-corrected chi connectivity index (χ4v) is 2.75. The Kier molecular flexibility index (Phi) is 16.3. The highest BCUT2D eigenvalue weighted by molar-refractivity contribution is 5.73. The molecule has 0 aromatic carbocycles. The van der Waals surface area contributed by atoms with Gasteiger partial charge in [0.1, 0.15) is 0 Å². The predicted octanol–water partition coefficient (Wildman–Crippen LogP) is 5.85. The van der Waals surface area contributed by atoms with E-state index >= 15 is 0 Å². The van der Waals surface area contributed by atoms with Crippen molar-refractivity contribution in [1.29, 1.82) is 0 Å². The molecule has 22 heavy (non-hydrogen) atoms. The smallest absolute Gasteiger partial charge is 0.270 e. The molecule has 0 heterocycles. The molecule has 0 spiro atoms. The molecule has 0 saturated carbocycles. The minimum absolute atomic E-state index is 0.227. The van der Waals surface area contributed by atoms with Crippen LogP contribution in [0.4, 0.5) is 0 Å². The molecule has 0 saturated heterocycles. The number of hydrogen-bond acceptors (Lipinski definition) is 3. The number of hydroxylamine groups is 2. The average Bonchev–Trinajstić information content (AvgIpc) is 2.50. The van der Waals surface area contributed by atoms with Crippen LogP contribution in [0.25, 0.3) is 0 Å². The molecule has 2 N–H and O–H groups in total. The largest absolute Gasteiger partial charge is 0.273 e. The van der Waals surface area contributed by atoms with Gasteiger partial charge in [-0.1, -0.05) is 102 Å². The summed E-state index contributed by atoms with van der Waals surface area (Å²) in [6.07, 6.45) is 19.5. The molecule has 0 atom stereocenters. The summed E-state index contributed by atoms with van der Waals surface area (Å²) in [5.41, 5.74) is 0. The standard InChI is InChI=1S/C18H37NO3/c1-2-3-4-5-6-7-8-9-10-11-12-13-14-15-16-17-18(20)19(21)22/h21-22H,2-17H2,1H3. The monoisotopic (exact) mass is 315 g/mol. The van der Waals surface area contributed by atoms with E-state index in [9.17, 15) is 4.79 Å². The third-order valence-electron chi connectivity index (χ3n) is 4.22. The number of rotatable bonds is 16. The summed E-state index contributed by atoms with van der Waals surface area (Å²) in [6, 6.07) is 0. The molecule has 0 aromatic heterocycles. The van der Waals surface area contributed by atoms with E-state index in [-0.39, 0.29) is 11.6 Å². The number of amides is 1. The van der Waals surface area contributed by atoms with E-state index in [2.05, 4.69) is 6.92 Å². The van der Waals surface area contributed by atoms with E-state index in [1.165, 1.54) is 77.0 Å². The van der Waals surface area contributed by atoms with Crippen LogP contribution >= 0.6 is 0 Å². The lowest BCUT2D eigenvalue weighted by Crippen LogP contribution is -2.22. The van der Waals surface area contributed by atoms with Crippen molar-refractivity contribution in [2.24, 2.45) is 0 Å². The Hall–Kier alpha value is -0.610. The zero-order chi connectivity index (χ0) is 16.5. The highest BCUT2D eigenvalue weighted by Crippen LogP contribution is 2.13. The SMILES string of the molecule is CCCCCCCCCCCCCCCCCC(=O)N(O)O. The van der Waals surface area contributed by atoms with Crippen molar-refractivity contribution in [3.05, 3.63) is 0 Å². The van der Waals surface area contributed by atoms with E-state index in [1.807, 2.05) is 0 Å². The van der Waals surface area contributed by atoms with Gasteiger partial charge in [-0.05, 0) is 6.42 Å². The first-order valence-electron chi connectivity index (χ1n) is 9.39. The molecular formula is C18H37NO3. The summed E-state index contributed by atoms with van der Waals surface area (Å²) >= 11 is 0. The Morgan fingerprint density at radius 1 is 0.636 bits per heavy atom. The predicted molar refractivity (Wildman–Crippen MR) is 90.0 cm³/mol. The summed E-state index contributed by atoms with van der Waals surface area (Å²) < 4.78 is 0. The summed E-state index contributed by atoms with van der Waals surface area (Å²) in [4.78, 5) is 10.9. The van der Waals surface area contributed by atoms with Gasteiger partial charge in [-0.3, -0.25) is 15.2 Å². The molecule has 0 aromatic rings. The normalized spacial score (nSPS) is 10.9. The van der Waals surface area contributed by atoms with Crippen LogP contribution in [0.3, 0.4) is 0 Å². The number of carbonyl (C=O) groups is 1. The lowest BCUT2D eigenvalue weighted by molar-refractivity contribution is -0.285. The van der Waals surface area contributed by atoms with Crippen molar-refractivity contribution in [2.75, 3.05) is 0 Å². The first-order chi connectivity index (χ1) is 10.7. The Morgan fingerprint density at radius 3 is 1.27 bits per heavy atom. The van der Waals surface area contributed by atoms with Crippen LogP contribution in [-0.4, -0.2) is 21.5 Å². The maximum absolute atomic E-state index is 10.9. The second kappa shape index (κ2) is 16.8. The molecule has 0 bridgehead atoms. The summed E-state index contributed by atoms with van der Waals surface area (Å²) in [5.74, 6) is -0.616. The Morgan fingerprint density at radius 2 is 0.955 bits per heavy atom. The fourth-order valence-electron chi connectivity index (χ4n) is 2.75. The first-order valence-corrected chi connectivity index (χ1v) is 9.39. The minimum atomic E-state index is -0.616. The second-order valence-electron chi connectivity index (χ2n) is 6.38. The zero-order valence-electron chi connectivity index (χ0n) is 14.6. The van der Waals surface area contributed by atoms with Gasteiger partial charge in [0.15, 0.2) is 0 Å². The van der Waals surface area contributed by atoms with E-state index in [1.54, 1.807) is 0 Å². The van der Waals surface area contributed by atoms with Crippen LogP contribution in [0.15, 0.2) is 0 Å². The molecule has 0 aliphatic heterocycles. The van der Waals surface area contributed by atoms with Crippen molar-refractivity contribution < 1.29 is 15.2 Å². The molecule has 1 amide bonds. The molecule has 4 nitrogen and oxygen atoms in total. The maximum atomic E-state index is 10.9. The maximum Gasteiger partial charge on any atom is 0.273 e. The third kappa shape index (κ3) is 15.8. The molecule has 0 fully saturated rings. The van der Waals surface area contributed by atoms with E-state index in [4.69, 9.17) is 10.4 Å². The minimum Gasteiger partial charge on any atom is -0.270 e. The summed E-state index contributed by atoms with van der Waals surface area (Å²) in [7, 11) is 0. The number of carbonyl (C=O) groups excluding carboxylic acids is 1. The number of nitrogens with zero attached hydrogens (tertiary/aromatic N) is 1. The zero-order valence-corrected chi connectivity index (χ0v) is 14.6. The Balaban J connectivity index is 3.04. The van der Waals surface area contributed by atoms with Crippen LogP contribution in [0.5, 0.6) is 0 Å². The molecule has 4 heteroatoms. The van der Waals surface area contributed by atoms with Crippen LogP contribution in [-0.2, 0) is 4.79 Å². The third-order valence-corrected chi connectivity index (χ3v) is 4.22. The van der Waals surface area contributed by atoms with Gasteiger partial charge >= 0.3 is 0 Å². The van der Waals surface area contributed by atoms with Gasteiger partial charge in [-0.2, -0.15) is 0 Å². The first kappa shape index (κ1) is 21.4. The lowest BCUT2D eigenvalue weighted by Gasteiger charge is -2.05. The van der Waals surface area contributed by atoms with Gasteiger partial charge in [0.05, 0.1) is 0 Å². The Bertz CT molecular complexity index is 244. The van der Waals surface area contributed by atoms with Gasteiger partial charge in [0.25, 0.3) is 5.91 Å². The quantitative estimate of drug-likeness (QED) is 0.213. The average molecular weight is 315 g/mol. The van der Waals surface area contributed by atoms with Gasteiger partial charge in [0.2, 0.25) is 0 Å². The molecule has 0 unspecified atom stereocenters. The van der Waals surface area contributed by atoms with Gasteiger partial charge in [-0.25, -0.2) is 0 Å². The van der Waals surface area contributed by atoms with Crippen LogP contribution in [0.1, 0.15) is 110 Å². The number of unbranched alkanes of at least 4 members (excludes halogenated alkanes) is 14. The molecule has 0 aliphatic carbocycles. The highest BCUT2D eigenvalue weighted by Gasteiger charge is 2.06. The highest BCUT2D eigenvalue weighted by atomic mass is 16.8. The van der Waals surface area contributed by atoms with E-state index < -0.39 is 5.91 Å². The van der Waals surface area contributed by atoms with Crippen molar-refractivity contribution in [2.45, 2.75) is 110 Å². The van der Waals surface area contributed by atoms with Crippen LogP contribution < -0.4 is 0 Å². The van der Waals surface area contributed by atoms with Gasteiger partial charge in [-0.15, -0.1) is 0 Å².